The van der Waals surface area contributed by atoms with E-state index in [0.717, 1.165) is 39.9 Å². The van der Waals surface area contributed by atoms with E-state index in [0.29, 0.717) is 37.6 Å². The number of carbonyl (C=O) groups excluding carboxylic acids is 14. The molecule has 10 atom stereocenters. The minimum absolute atomic E-state index is 0. The second-order valence-electron chi connectivity index (χ2n) is 26.7. The van der Waals surface area contributed by atoms with Crippen LogP contribution in [0, 0.1) is 61.7 Å². The van der Waals surface area contributed by atoms with Gasteiger partial charge in [0.25, 0.3) is 0 Å². The Hall–Kier alpha value is -5.51. The van der Waals surface area contributed by atoms with Crippen molar-refractivity contribution in [2.75, 3.05) is 82.2 Å². The predicted molar refractivity (Wildman–Crippen MR) is 522 cm³/mol. The molecule has 3 N–H and O–H groups in total. The van der Waals surface area contributed by atoms with E-state index in [4.69, 9.17) is 95.7 Å². The molecule has 2 heterocycles. The predicted octanol–water partition coefficient (Wildman–Crippen LogP) is 11.7. The van der Waals surface area contributed by atoms with Gasteiger partial charge in [-0.15, -0.1) is 6.42 Å². The van der Waals surface area contributed by atoms with Crippen molar-refractivity contribution in [3.8, 4) is 12.3 Å². The maximum absolute atomic E-state index is 12.2. The Kier molecular flexibility index (Phi) is 121. The molecule has 1 aromatic rings. The van der Waals surface area contributed by atoms with Crippen LogP contribution in [0.3, 0.4) is 0 Å². The van der Waals surface area contributed by atoms with Crippen molar-refractivity contribution in [1.29, 1.82) is 0 Å². The topological polar surface area (TPSA) is 491 Å². The molecule has 5 fully saturated rings. The van der Waals surface area contributed by atoms with Crippen LogP contribution in [0.4, 0.5) is 0 Å². The summed E-state index contributed by atoms with van der Waals surface area (Å²) in [6, 6.07) is 6.68. The van der Waals surface area contributed by atoms with Crippen LogP contribution in [0.15, 0.2) is 94.5 Å². The summed E-state index contributed by atoms with van der Waals surface area (Å²) in [7, 11) is 1.34. The third kappa shape index (κ3) is 101. The van der Waals surface area contributed by atoms with Gasteiger partial charge < -0.3 is 116 Å². The van der Waals surface area contributed by atoms with E-state index in [-0.39, 0.29) is 208 Å². The first-order chi connectivity index (χ1) is 62.3. The zero-order valence-electron chi connectivity index (χ0n) is 81.7. The van der Waals surface area contributed by atoms with Crippen molar-refractivity contribution in [2.45, 2.75) is 247 Å². The average molecular weight is 2420 g/mol. The van der Waals surface area contributed by atoms with E-state index in [2.05, 4.69) is 136 Å². The number of hydrogen-bond donors (Lipinski definition) is 3. The van der Waals surface area contributed by atoms with Gasteiger partial charge in [-0.25, -0.2) is 24.0 Å². The van der Waals surface area contributed by atoms with Gasteiger partial charge in [-0.3, -0.25) is 38.4 Å². The van der Waals surface area contributed by atoms with Gasteiger partial charge in [0.2, 0.25) is 5.24 Å². The van der Waals surface area contributed by atoms with Gasteiger partial charge in [-0.05, 0) is 211 Å². The molecule has 6 rings (SSSR count). The summed E-state index contributed by atoms with van der Waals surface area (Å²) in [4.78, 5) is 151. The molecule has 0 amide bonds. The summed E-state index contributed by atoms with van der Waals surface area (Å²) in [5.41, 5.74) is 1.26. The fourth-order valence-corrected chi connectivity index (χ4v) is 9.50. The Bertz CT molecular complexity index is 3550. The number of methoxy groups -OCH3 is 1. The van der Waals surface area contributed by atoms with Crippen molar-refractivity contribution in [3.63, 3.8) is 0 Å². The van der Waals surface area contributed by atoms with Gasteiger partial charge in [-0.2, -0.15) is 13.8 Å². The van der Waals surface area contributed by atoms with Crippen LogP contribution in [-0.2, 0) is 185 Å². The summed E-state index contributed by atoms with van der Waals surface area (Å²) in [5, 5.41) is 23.8. The second-order valence-corrected chi connectivity index (χ2v) is 34.7. The van der Waals surface area contributed by atoms with Gasteiger partial charge in [0, 0.05) is 90.9 Å². The number of aliphatic hydroxyl groups excluding tert-OH is 3. The Morgan fingerprint density at radius 1 is 0.544 bits per heavy atom. The molecule has 2 aliphatic heterocycles. The first kappa shape index (κ1) is 156. The number of rotatable bonds is 35. The number of aldehydes is 2. The fourth-order valence-electron chi connectivity index (χ4n) is 8.82. The molecular weight excluding hydrogens is 2270 g/mol. The third-order valence-corrected chi connectivity index (χ3v) is 15.0. The quantitative estimate of drug-likeness (QED) is 0.00462. The molecular formula is C92H146Br2ClI2MnNaO36Zn. The van der Waals surface area contributed by atoms with Crippen molar-refractivity contribution in [2.24, 2.45) is 35.5 Å². The SMILES string of the molecule is C.C.C#Cc1ccc(C(=O)OC)cc1.CC(=O)Cl.CC(=O)OC/C=C/C1O[C@@H](C(=O)OC(C)C)[C@H](C(=O)OC(C)C)O1.CC(=O)OC/C=C/C=O.CC(=O)OC/C=C/CO.CC(=O)OC[C@@H]1CC1C1O[C@@H](C(=O)OC(C)C)[C@H](C(=O)OC(C)C)O1.CC(=O)OC[C@@H]1C[C@H]1C=O.CCOC(/C=C/COC(C)=O)OCC.CC[C@@H]1C[C@H]1C=C(Br)Br.ICI.OC/C=C/CO.[CH2-]C.[CH2-]C.[H-].[Na+].[O]=[Mn]=[O].[Zn+2]. The van der Waals surface area contributed by atoms with Crippen LogP contribution in [0.1, 0.15) is 196 Å². The fraction of sp³-hybridized carbons (Fsp3) is 0.609. The molecule has 44 heteroatoms. The zero-order chi connectivity index (χ0) is 103. The maximum Gasteiger partial charge on any atom is 2.00 e. The maximum atomic E-state index is 12.2. The van der Waals surface area contributed by atoms with Crippen LogP contribution in [0.5, 0.6) is 0 Å². The summed E-state index contributed by atoms with van der Waals surface area (Å²) < 4.78 is 105. The number of halogens is 5. The normalized spacial score (nSPS) is 17.5. The Morgan fingerprint density at radius 3 is 1.17 bits per heavy atom. The first-order valence-electron chi connectivity index (χ1n) is 41.1. The minimum Gasteiger partial charge on any atom is 2.00 e. The molecule has 36 nitrogen and oxygen atoms in total. The molecule has 136 heavy (non-hydrogen) atoms. The van der Waals surface area contributed by atoms with Crippen LogP contribution in [-0.4, -0.2) is 249 Å². The second kappa shape index (κ2) is 105. The molecule has 0 aromatic heterocycles. The minimum atomic E-state index is -1.44. The Labute approximate surface area is 896 Å². The van der Waals surface area contributed by atoms with Crippen molar-refractivity contribution in [1.82, 2.24) is 0 Å². The van der Waals surface area contributed by atoms with Gasteiger partial charge in [0.15, 0.2) is 43.3 Å². The van der Waals surface area contributed by atoms with Crippen molar-refractivity contribution in [3.05, 3.63) is 119 Å². The average Bonchev–Trinajstić information content (AvgIpc) is 1.62. The number of terminal acetylenes is 1. The van der Waals surface area contributed by atoms with Crippen molar-refractivity contribution >= 4 is 172 Å². The largest absolute Gasteiger partial charge is 2.00 e. The van der Waals surface area contributed by atoms with E-state index >= 15 is 0 Å². The van der Waals surface area contributed by atoms with Crippen LogP contribution in [0.2, 0.25) is 0 Å². The number of carbonyl (C=O) groups is 14. The molecule has 2 saturated heterocycles. The summed E-state index contributed by atoms with van der Waals surface area (Å²) >= 11 is 14.4. The number of allylic oxidation sites excluding steroid dienone is 2. The van der Waals surface area contributed by atoms with Crippen molar-refractivity contribution < 1.29 is 236 Å². The van der Waals surface area contributed by atoms with Crippen LogP contribution < -0.4 is 29.6 Å². The van der Waals surface area contributed by atoms with E-state index in [1.807, 2.05) is 13.8 Å². The standard InChI is InChI=1S/C17H26O8.C16H24O8.C10H18O4.C10H8O2.C7H10Br2.C7H10O3.C6H10O3.C6H8O3.C4H8O2.C2H3ClO.2C2H5.CH2I2.2CH4.Mn.Na.2O.Zn.H/c1-8(2)22-15(19)13-14(16(20)23-9(3)4)25-17(24-13)12-6-11(12)7-21-10(5)18;1-9(2)21-15(18)13-14(16(19)22-10(3)4)24-12(23-13)7-6-8-20-11(5)17;1-4-12-10(13-5-2)7-6-8-14-9(3)11;1-3-8-4-6-9(7-5-8)10(11)12-2;1-2-5-3-6(5)4-7(8)9;1-5(9)10-4-7-2-6(7)3-8;2*1-6(8)9-5-3-2-4-7;5-3-1-2-4-6;1-2(3)4;2*1-2;2-1-3;;;;;;;;/h8-9,11-14,17H,6-7H2,1-5H3;6-7,9-10,12-14H,8H2,1-5H3;6-7,10H,4-5,8H2,1-3H3;1,4-7H,2H3;4-6H,2-3H2,1H3;3,6-7H,2,4H2,1H3;2-3,7H,4-5H2,1H3;2-4H,5H2,1H3;1-2,5-6H,3-4H2;1H3;2*1H2,2H3;1H2;2*1H4;;;;;;/q;;;;;;;;;;2*-1;;;;;+1;;;+2;-1/b;2*7-6+;;;;2*3-2+;2-1+;;;;;;;;;;;;/t11-,12?,13+,14+;13-,14-;;;5-,6+;6-,7-;;;;;;;;;;;;;;;/m01..10.............../s1. The van der Waals surface area contributed by atoms with E-state index in [1.165, 1.54) is 113 Å². The number of esters is 11. The molecule has 0 radical (unpaired) electrons. The van der Waals surface area contributed by atoms with Gasteiger partial charge in [-0.1, -0.05) is 104 Å². The summed E-state index contributed by atoms with van der Waals surface area (Å²) in [6.45, 7) is 41.5. The number of hydrogen-bond acceptors (Lipinski definition) is 36. The molecule has 3 aliphatic carbocycles. The molecule has 0 bridgehead atoms. The molecule has 5 aliphatic rings. The number of alkyl halides is 2. The molecule has 775 valence electrons. The molecule has 0 spiro atoms. The van der Waals surface area contributed by atoms with Gasteiger partial charge >= 0.3 is 137 Å². The van der Waals surface area contributed by atoms with Gasteiger partial charge in [0.1, 0.15) is 39.0 Å². The smallest absolute Gasteiger partial charge is 2.00 e. The van der Waals surface area contributed by atoms with E-state index in [9.17, 15) is 67.1 Å². The van der Waals surface area contributed by atoms with E-state index < -0.39 is 81.7 Å². The monoisotopic (exact) mass is 2420 g/mol. The number of ether oxygens (including phenoxy) is 17. The first-order valence-corrected chi connectivity index (χ1v) is 47.1. The zero-order valence-corrected chi connectivity index (χ0v) is 95.1. The number of benzene rings is 1. The summed E-state index contributed by atoms with van der Waals surface area (Å²) in [6.07, 6.45) is 20.3. The molecule has 3 saturated carbocycles. The molecule has 1 aromatic carbocycles. The van der Waals surface area contributed by atoms with Crippen LogP contribution >= 0.6 is 88.6 Å². The summed E-state index contributed by atoms with van der Waals surface area (Å²) in [5.74, 6) is -0.252. The van der Waals surface area contributed by atoms with E-state index in [1.54, 1.807) is 112 Å². The van der Waals surface area contributed by atoms with Crippen LogP contribution in [0.25, 0.3) is 0 Å². The Balaban J connectivity index is -0.000000116. The number of aliphatic hydroxyl groups is 3. The van der Waals surface area contributed by atoms with Gasteiger partial charge in [0.05, 0.1) is 75.9 Å². The molecule has 1 unspecified atom stereocenters. The Morgan fingerprint density at radius 2 is 0.875 bits per heavy atom. The third-order valence-electron chi connectivity index (χ3n) is 14.4.